The van der Waals surface area contributed by atoms with Crippen LogP contribution in [-0.2, 0) is 9.47 Å². The van der Waals surface area contributed by atoms with Crippen LogP contribution in [0.2, 0.25) is 0 Å². The summed E-state index contributed by atoms with van der Waals surface area (Å²) in [7, 11) is 0. The third kappa shape index (κ3) is 2.23. The molecule has 1 aliphatic rings. The number of ketones is 1. The van der Waals surface area contributed by atoms with Gasteiger partial charge in [0, 0.05) is 11.1 Å². The number of benzene rings is 1. The summed E-state index contributed by atoms with van der Waals surface area (Å²) in [6.07, 6.45) is -0.316. The second-order valence-electron chi connectivity index (χ2n) is 3.28. The van der Waals surface area contributed by atoms with Gasteiger partial charge in [0.15, 0.2) is 12.1 Å². The first-order valence-corrected chi connectivity index (χ1v) is 4.78. The van der Waals surface area contributed by atoms with Crippen molar-refractivity contribution in [3.63, 3.8) is 0 Å². The molecule has 15 heavy (non-hydrogen) atoms. The van der Waals surface area contributed by atoms with Crippen LogP contribution in [-0.4, -0.2) is 30.7 Å². The predicted octanol–water partition coefficient (Wildman–Crippen LogP) is 0.907. The van der Waals surface area contributed by atoms with Crippen LogP contribution in [0.4, 0.5) is 0 Å². The molecule has 1 N–H and O–H groups in total. The van der Waals surface area contributed by atoms with Crippen LogP contribution in [0.15, 0.2) is 24.3 Å². The number of carbonyl (C=O) groups excluding carboxylic acids is 1. The second-order valence-corrected chi connectivity index (χ2v) is 3.28. The van der Waals surface area contributed by atoms with Crippen LogP contribution in [0.1, 0.15) is 22.2 Å². The molecule has 80 valence electrons. The van der Waals surface area contributed by atoms with E-state index in [4.69, 9.17) is 14.6 Å². The molecular formula is C11H12O4. The number of rotatable bonds is 3. The molecule has 1 aromatic carbocycles. The van der Waals surface area contributed by atoms with Crippen molar-refractivity contribution in [2.45, 2.75) is 6.29 Å². The van der Waals surface area contributed by atoms with Gasteiger partial charge in [0.1, 0.15) is 6.61 Å². The van der Waals surface area contributed by atoms with Gasteiger partial charge < -0.3 is 14.6 Å². The van der Waals surface area contributed by atoms with Gasteiger partial charge in [-0.05, 0) is 0 Å². The van der Waals surface area contributed by atoms with Crippen molar-refractivity contribution in [1.82, 2.24) is 0 Å². The summed E-state index contributed by atoms with van der Waals surface area (Å²) in [6.45, 7) is 0.736. The van der Waals surface area contributed by atoms with Crippen molar-refractivity contribution >= 4 is 5.78 Å². The summed E-state index contributed by atoms with van der Waals surface area (Å²) >= 11 is 0. The smallest absolute Gasteiger partial charge is 0.188 e. The average Bonchev–Trinajstić information content (AvgIpc) is 2.82. The molecule has 1 heterocycles. The topological polar surface area (TPSA) is 55.8 Å². The van der Waals surface area contributed by atoms with Gasteiger partial charge in [0.25, 0.3) is 0 Å². The van der Waals surface area contributed by atoms with E-state index in [1.807, 2.05) is 0 Å². The molecule has 0 radical (unpaired) electrons. The van der Waals surface area contributed by atoms with E-state index in [2.05, 4.69) is 0 Å². The van der Waals surface area contributed by atoms with Crippen molar-refractivity contribution < 1.29 is 19.4 Å². The van der Waals surface area contributed by atoms with E-state index in [1.54, 1.807) is 24.3 Å². The molecule has 4 heteroatoms. The summed E-state index contributed by atoms with van der Waals surface area (Å²) in [5.41, 5.74) is 1.39. The molecule has 0 unspecified atom stereocenters. The van der Waals surface area contributed by atoms with Crippen molar-refractivity contribution in [3.8, 4) is 0 Å². The Bertz CT molecular complexity index is 338. The van der Waals surface area contributed by atoms with Crippen LogP contribution in [0.3, 0.4) is 0 Å². The van der Waals surface area contributed by atoms with Crippen LogP contribution in [0, 0.1) is 0 Å². The average molecular weight is 208 g/mol. The Balaban J connectivity index is 2.12. The van der Waals surface area contributed by atoms with Gasteiger partial charge in [-0.2, -0.15) is 0 Å². The van der Waals surface area contributed by atoms with Crippen molar-refractivity contribution in [2.24, 2.45) is 0 Å². The van der Waals surface area contributed by atoms with E-state index in [-0.39, 0.29) is 12.1 Å². The first-order chi connectivity index (χ1) is 7.31. The number of Topliss-reactive ketones (excluding diaryl/α,β-unsaturated/α-hetero) is 1. The molecule has 4 nitrogen and oxygen atoms in total. The highest BCUT2D eigenvalue weighted by molar-refractivity contribution is 5.96. The van der Waals surface area contributed by atoms with Gasteiger partial charge in [-0.15, -0.1) is 0 Å². The number of aliphatic hydroxyl groups is 1. The number of hydrogen-bond acceptors (Lipinski definition) is 4. The minimum absolute atomic E-state index is 0.283. The van der Waals surface area contributed by atoms with E-state index >= 15 is 0 Å². The molecule has 1 aromatic rings. The minimum atomic E-state index is -0.463. The maximum atomic E-state index is 11.1. The summed E-state index contributed by atoms with van der Waals surface area (Å²) in [5, 5.41) is 8.67. The van der Waals surface area contributed by atoms with Gasteiger partial charge in [0.2, 0.25) is 0 Å². The van der Waals surface area contributed by atoms with E-state index in [0.29, 0.717) is 18.8 Å². The van der Waals surface area contributed by atoms with Gasteiger partial charge in [-0.25, -0.2) is 0 Å². The lowest BCUT2D eigenvalue weighted by atomic mass is 10.1. The zero-order chi connectivity index (χ0) is 10.7. The molecule has 2 rings (SSSR count). The molecule has 0 aromatic heterocycles. The van der Waals surface area contributed by atoms with Gasteiger partial charge >= 0.3 is 0 Å². The Morgan fingerprint density at radius 1 is 1.27 bits per heavy atom. The summed E-state index contributed by atoms with van der Waals surface area (Å²) in [4.78, 5) is 11.1. The zero-order valence-electron chi connectivity index (χ0n) is 8.18. The number of ether oxygens (including phenoxy) is 2. The van der Waals surface area contributed by atoms with Crippen molar-refractivity contribution in [2.75, 3.05) is 19.8 Å². The lowest BCUT2D eigenvalue weighted by Crippen LogP contribution is -2.05. The van der Waals surface area contributed by atoms with Crippen molar-refractivity contribution in [3.05, 3.63) is 35.4 Å². The Hall–Kier alpha value is -1.23. The van der Waals surface area contributed by atoms with Crippen molar-refractivity contribution in [1.29, 1.82) is 0 Å². The van der Waals surface area contributed by atoms with Crippen LogP contribution >= 0.6 is 0 Å². The Morgan fingerprint density at radius 2 is 1.87 bits per heavy atom. The molecule has 0 spiro atoms. The van der Waals surface area contributed by atoms with Gasteiger partial charge in [-0.3, -0.25) is 4.79 Å². The standard InChI is InChI=1S/C11H12O4/c12-7-10(13)8-1-3-9(4-2-8)11-14-5-6-15-11/h1-4,11-12H,5-7H2. The Labute approximate surface area is 87.4 Å². The molecular weight excluding hydrogens is 196 g/mol. The number of hydrogen-bond donors (Lipinski definition) is 1. The quantitative estimate of drug-likeness (QED) is 0.750. The maximum absolute atomic E-state index is 11.1. The fraction of sp³-hybridized carbons (Fsp3) is 0.364. The van der Waals surface area contributed by atoms with Crippen LogP contribution in [0.25, 0.3) is 0 Å². The van der Waals surface area contributed by atoms with Gasteiger partial charge in [-0.1, -0.05) is 24.3 Å². The molecule has 1 fully saturated rings. The van der Waals surface area contributed by atoms with Crippen LogP contribution in [0.5, 0.6) is 0 Å². The molecule has 1 aliphatic heterocycles. The monoisotopic (exact) mass is 208 g/mol. The van der Waals surface area contributed by atoms with E-state index in [9.17, 15) is 4.79 Å². The molecule has 0 bridgehead atoms. The highest BCUT2D eigenvalue weighted by Crippen LogP contribution is 2.23. The predicted molar refractivity (Wildman–Crippen MR) is 52.5 cm³/mol. The highest BCUT2D eigenvalue weighted by atomic mass is 16.7. The lowest BCUT2D eigenvalue weighted by Gasteiger charge is -2.09. The zero-order valence-corrected chi connectivity index (χ0v) is 8.18. The summed E-state index contributed by atoms with van der Waals surface area (Å²) in [6, 6.07) is 6.88. The normalized spacial score (nSPS) is 16.9. The fourth-order valence-corrected chi connectivity index (χ4v) is 1.47. The van der Waals surface area contributed by atoms with E-state index in [0.717, 1.165) is 5.56 Å². The Morgan fingerprint density at radius 3 is 2.40 bits per heavy atom. The molecule has 1 saturated heterocycles. The van der Waals surface area contributed by atoms with Crippen LogP contribution < -0.4 is 0 Å². The van der Waals surface area contributed by atoms with E-state index < -0.39 is 6.61 Å². The first kappa shape index (κ1) is 10.3. The first-order valence-electron chi connectivity index (χ1n) is 4.78. The minimum Gasteiger partial charge on any atom is -0.388 e. The number of aliphatic hydroxyl groups excluding tert-OH is 1. The summed E-state index contributed by atoms with van der Waals surface area (Å²) in [5.74, 6) is -0.283. The highest BCUT2D eigenvalue weighted by Gasteiger charge is 2.18. The molecule has 0 amide bonds. The SMILES string of the molecule is O=C(CO)c1ccc(C2OCCO2)cc1. The van der Waals surface area contributed by atoms with Gasteiger partial charge in [0.05, 0.1) is 13.2 Å². The largest absolute Gasteiger partial charge is 0.388 e. The third-order valence-corrected chi connectivity index (χ3v) is 2.27. The molecule has 0 saturated carbocycles. The lowest BCUT2D eigenvalue weighted by molar-refractivity contribution is -0.0441. The maximum Gasteiger partial charge on any atom is 0.188 e. The molecule has 0 atom stereocenters. The molecule has 0 aliphatic carbocycles. The third-order valence-electron chi connectivity index (χ3n) is 2.27. The second kappa shape index (κ2) is 4.53. The summed E-state index contributed by atoms with van der Waals surface area (Å²) < 4.78 is 10.6. The van der Waals surface area contributed by atoms with E-state index in [1.165, 1.54) is 0 Å². The fourth-order valence-electron chi connectivity index (χ4n) is 1.47. The number of carbonyl (C=O) groups is 1. The Kier molecular flexibility index (Phi) is 3.11.